The lowest BCUT2D eigenvalue weighted by molar-refractivity contribution is -0.140. The number of hydrogen-bond donors (Lipinski definition) is 2. The van der Waals surface area contributed by atoms with E-state index in [9.17, 15) is 9.59 Å². The Morgan fingerprint density at radius 1 is 1.40 bits per heavy atom. The number of aromatic nitrogens is 1. The number of nitrogens with one attached hydrogen (secondary N) is 1. The summed E-state index contributed by atoms with van der Waals surface area (Å²) in [7, 11) is 0. The number of ether oxygens (including phenoxy) is 1. The van der Waals surface area contributed by atoms with Crippen LogP contribution in [0.2, 0.25) is 0 Å². The van der Waals surface area contributed by atoms with E-state index in [1.165, 1.54) is 23.0 Å². The van der Waals surface area contributed by atoms with Crippen molar-refractivity contribution in [2.24, 2.45) is 0 Å². The van der Waals surface area contributed by atoms with Crippen LogP contribution in [-0.2, 0) is 16.0 Å². The molecule has 0 saturated carbocycles. The van der Waals surface area contributed by atoms with Gasteiger partial charge in [-0.3, -0.25) is 4.79 Å². The van der Waals surface area contributed by atoms with Crippen molar-refractivity contribution in [2.45, 2.75) is 19.4 Å². The molecule has 0 bridgehead atoms. The third-order valence-electron chi connectivity index (χ3n) is 3.38. The summed E-state index contributed by atoms with van der Waals surface area (Å²) in [6.07, 6.45) is 2.14. The van der Waals surface area contributed by atoms with Crippen LogP contribution in [0.3, 0.4) is 0 Å². The molecule has 2 N–H and O–H groups in total. The third-order valence-corrected chi connectivity index (χ3v) is 4.23. The predicted octanol–water partition coefficient (Wildman–Crippen LogP) is 2.43. The number of aliphatic carboxylic acids is 1. The van der Waals surface area contributed by atoms with Gasteiger partial charge in [-0.1, -0.05) is 35.9 Å². The van der Waals surface area contributed by atoms with E-state index in [2.05, 4.69) is 16.9 Å². The zero-order valence-corrected chi connectivity index (χ0v) is 14.7. The monoisotopic (exact) mass is 360 g/mol. The minimum atomic E-state index is -1.16. The van der Waals surface area contributed by atoms with Gasteiger partial charge in [-0.15, -0.1) is 17.9 Å². The van der Waals surface area contributed by atoms with Gasteiger partial charge in [-0.05, 0) is 12.5 Å². The summed E-state index contributed by atoms with van der Waals surface area (Å²) in [5.41, 5.74) is 2.50. The Bertz CT molecular complexity index is 740. The maximum atomic E-state index is 12.2. The molecule has 1 atom stereocenters. The summed E-state index contributed by atoms with van der Waals surface area (Å²) in [5.74, 6) is -1.69. The minimum absolute atomic E-state index is 0.131. The molecule has 0 saturated heterocycles. The summed E-state index contributed by atoms with van der Waals surface area (Å²) < 4.78 is 5.11. The fraction of sp³-hybridized carbons (Fsp3) is 0.278. The predicted molar refractivity (Wildman–Crippen MR) is 96.0 cm³/mol. The highest BCUT2D eigenvalue weighted by atomic mass is 32.1. The van der Waals surface area contributed by atoms with E-state index in [4.69, 9.17) is 9.84 Å². The summed E-state index contributed by atoms with van der Waals surface area (Å²) in [6.45, 7) is 5.59. The molecule has 0 fully saturated rings. The molecule has 1 aromatic carbocycles. The van der Waals surface area contributed by atoms with Crippen LogP contribution in [0, 0.1) is 6.92 Å². The summed E-state index contributed by atoms with van der Waals surface area (Å²) in [6, 6.07) is 6.96. The Hall–Kier alpha value is -2.51. The Morgan fingerprint density at radius 2 is 2.12 bits per heavy atom. The Morgan fingerprint density at radius 3 is 2.76 bits per heavy atom. The zero-order chi connectivity index (χ0) is 18.2. The van der Waals surface area contributed by atoms with Crippen LogP contribution in [0.25, 0.3) is 0 Å². The molecule has 0 aliphatic rings. The first-order valence-electron chi connectivity index (χ1n) is 7.72. The lowest BCUT2D eigenvalue weighted by atomic mass is 10.1. The zero-order valence-electron chi connectivity index (χ0n) is 13.9. The largest absolute Gasteiger partial charge is 0.480 e. The molecule has 1 amide bonds. The maximum absolute atomic E-state index is 12.2. The minimum Gasteiger partial charge on any atom is -0.480 e. The normalized spacial score (nSPS) is 11.7. The molecule has 0 radical (unpaired) electrons. The van der Waals surface area contributed by atoms with Gasteiger partial charge in [0.1, 0.15) is 5.69 Å². The average Bonchev–Trinajstić information content (AvgIpc) is 3.04. The van der Waals surface area contributed by atoms with E-state index in [0.29, 0.717) is 6.42 Å². The molecule has 132 valence electrons. The number of amides is 1. The number of carboxylic acids is 1. The molecule has 1 aromatic heterocycles. The SMILES string of the molecule is C=CCOCC(NC(=O)c1csc(Cc2ccc(C)cc2)n1)C(=O)O. The van der Waals surface area contributed by atoms with Crippen molar-refractivity contribution in [3.8, 4) is 0 Å². The van der Waals surface area contributed by atoms with Gasteiger partial charge in [0.15, 0.2) is 6.04 Å². The molecule has 0 aliphatic heterocycles. The molecular weight excluding hydrogens is 340 g/mol. The van der Waals surface area contributed by atoms with Crippen LogP contribution in [0.1, 0.15) is 26.6 Å². The molecule has 25 heavy (non-hydrogen) atoms. The Balaban J connectivity index is 1.97. The van der Waals surface area contributed by atoms with Gasteiger partial charge in [0, 0.05) is 11.8 Å². The van der Waals surface area contributed by atoms with Crippen molar-refractivity contribution in [3.63, 3.8) is 0 Å². The van der Waals surface area contributed by atoms with E-state index >= 15 is 0 Å². The number of carbonyl (C=O) groups is 2. The molecule has 7 heteroatoms. The fourth-order valence-corrected chi connectivity index (χ4v) is 2.86. The van der Waals surface area contributed by atoms with Crippen molar-refractivity contribution in [1.29, 1.82) is 0 Å². The lowest BCUT2D eigenvalue weighted by Crippen LogP contribution is -2.44. The smallest absolute Gasteiger partial charge is 0.328 e. The van der Waals surface area contributed by atoms with Gasteiger partial charge in [-0.25, -0.2) is 9.78 Å². The number of aryl methyl sites for hydroxylation is 1. The highest BCUT2D eigenvalue weighted by Gasteiger charge is 2.22. The van der Waals surface area contributed by atoms with E-state index < -0.39 is 17.9 Å². The van der Waals surface area contributed by atoms with Gasteiger partial charge in [-0.2, -0.15) is 0 Å². The fourth-order valence-electron chi connectivity index (χ4n) is 2.05. The third kappa shape index (κ3) is 5.81. The van der Waals surface area contributed by atoms with Crippen LogP contribution >= 0.6 is 11.3 Å². The summed E-state index contributed by atoms with van der Waals surface area (Å²) >= 11 is 1.37. The quantitative estimate of drug-likeness (QED) is 0.530. The molecule has 0 aliphatic carbocycles. The molecule has 1 heterocycles. The van der Waals surface area contributed by atoms with Crippen LogP contribution in [0.5, 0.6) is 0 Å². The molecule has 2 rings (SSSR count). The molecule has 0 spiro atoms. The van der Waals surface area contributed by atoms with Crippen LogP contribution in [0.15, 0.2) is 42.3 Å². The van der Waals surface area contributed by atoms with Gasteiger partial charge in [0.25, 0.3) is 5.91 Å². The number of carboxylic acid groups (broad SMARTS) is 1. The van der Waals surface area contributed by atoms with Crippen molar-refractivity contribution in [3.05, 3.63) is 64.1 Å². The van der Waals surface area contributed by atoms with Gasteiger partial charge < -0.3 is 15.2 Å². The average molecular weight is 360 g/mol. The highest BCUT2D eigenvalue weighted by Crippen LogP contribution is 2.15. The second-order valence-electron chi connectivity index (χ2n) is 5.48. The van der Waals surface area contributed by atoms with Crippen molar-refractivity contribution >= 4 is 23.2 Å². The van der Waals surface area contributed by atoms with E-state index in [0.717, 1.165) is 10.6 Å². The van der Waals surface area contributed by atoms with Crippen LogP contribution in [-0.4, -0.2) is 41.2 Å². The van der Waals surface area contributed by atoms with Crippen molar-refractivity contribution in [1.82, 2.24) is 10.3 Å². The Labute approximate surface area is 150 Å². The first-order chi connectivity index (χ1) is 12.0. The standard InChI is InChI=1S/C18H20N2O4S/c1-3-8-24-10-14(18(22)23)20-17(21)15-11-25-16(19-15)9-13-6-4-12(2)5-7-13/h3-7,11,14H,1,8-10H2,2H3,(H,20,21)(H,22,23). The van der Waals surface area contributed by atoms with Crippen LogP contribution in [0.4, 0.5) is 0 Å². The molecule has 1 unspecified atom stereocenters. The second kappa shape index (κ2) is 9.10. The van der Waals surface area contributed by atoms with Gasteiger partial charge in [0.2, 0.25) is 0 Å². The number of nitrogens with zero attached hydrogens (tertiary/aromatic N) is 1. The number of benzene rings is 1. The van der Waals surface area contributed by atoms with Crippen LogP contribution < -0.4 is 5.32 Å². The number of thiazole rings is 1. The number of carbonyl (C=O) groups excluding carboxylic acids is 1. The first-order valence-corrected chi connectivity index (χ1v) is 8.60. The van der Waals surface area contributed by atoms with Gasteiger partial charge >= 0.3 is 5.97 Å². The number of rotatable bonds is 9. The first kappa shape index (κ1) is 18.8. The van der Waals surface area contributed by atoms with Crippen molar-refractivity contribution in [2.75, 3.05) is 13.2 Å². The van der Waals surface area contributed by atoms with Gasteiger partial charge in [0.05, 0.1) is 18.2 Å². The topological polar surface area (TPSA) is 88.5 Å². The summed E-state index contributed by atoms with van der Waals surface area (Å²) in [5, 5.41) is 14.0. The molecule has 2 aromatic rings. The highest BCUT2D eigenvalue weighted by molar-refractivity contribution is 7.09. The Kier molecular flexibility index (Phi) is 6.85. The lowest BCUT2D eigenvalue weighted by Gasteiger charge is -2.13. The van der Waals surface area contributed by atoms with E-state index in [1.807, 2.05) is 31.2 Å². The second-order valence-corrected chi connectivity index (χ2v) is 6.42. The number of hydrogen-bond acceptors (Lipinski definition) is 5. The molecular formula is C18H20N2O4S. The van der Waals surface area contributed by atoms with E-state index in [-0.39, 0.29) is 18.9 Å². The van der Waals surface area contributed by atoms with E-state index in [1.54, 1.807) is 5.38 Å². The van der Waals surface area contributed by atoms with Crippen molar-refractivity contribution < 1.29 is 19.4 Å². The molecule has 6 nitrogen and oxygen atoms in total. The maximum Gasteiger partial charge on any atom is 0.328 e. The summed E-state index contributed by atoms with van der Waals surface area (Å²) in [4.78, 5) is 27.7.